The molecule has 0 unspecified atom stereocenters. The van der Waals surface area contributed by atoms with Crippen LogP contribution in [0.4, 0.5) is 0 Å². The van der Waals surface area contributed by atoms with Crippen LogP contribution in [0.15, 0.2) is 24.6 Å². The van der Waals surface area contributed by atoms with Gasteiger partial charge in [0.05, 0.1) is 6.61 Å². The molecule has 0 aliphatic heterocycles. The van der Waals surface area contributed by atoms with Gasteiger partial charge in [0, 0.05) is 6.42 Å². The van der Waals surface area contributed by atoms with Crippen molar-refractivity contribution >= 4 is 49.7 Å². The van der Waals surface area contributed by atoms with Gasteiger partial charge in [-0.3, -0.25) is 0 Å². The van der Waals surface area contributed by atoms with Gasteiger partial charge < -0.3 is 13.3 Å². The summed E-state index contributed by atoms with van der Waals surface area (Å²) >= 11 is 2.39. The molecule has 20 heavy (non-hydrogen) atoms. The number of halogens is 1. The SMILES string of the molecule is C=C[Si](C)(C)OC(CCCI)(CO[SiH3])O[Si](C)(C)C=C. The van der Waals surface area contributed by atoms with Gasteiger partial charge in [0.1, 0.15) is 10.5 Å². The van der Waals surface area contributed by atoms with Gasteiger partial charge in [-0.2, -0.15) is 0 Å². The molecule has 0 amide bonds. The Bertz CT molecular complexity index is 300. The fourth-order valence-electron chi connectivity index (χ4n) is 1.85. The van der Waals surface area contributed by atoms with Crippen molar-refractivity contribution in [1.29, 1.82) is 0 Å². The van der Waals surface area contributed by atoms with Crippen molar-refractivity contribution in [3.05, 3.63) is 24.6 Å². The number of hydrogen-bond donors (Lipinski definition) is 0. The van der Waals surface area contributed by atoms with E-state index in [1.807, 2.05) is 11.4 Å². The summed E-state index contributed by atoms with van der Waals surface area (Å²) in [5.41, 5.74) is 3.90. The van der Waals surface area contributed by atoms with Crippen LogP contribution in [0.5, 0.6) is 0 Å². The van der Waals surface area contributed by atoms with Crippen LogP contribution in [0, 0.1) is 0 Å². The highest BCUT2D eigenvalue weighted by molar-refractivity contribution is 14.1. The minimum Gasteiger partial charge on any atom is -0.423 e. The van der Waals surface area contributed by atoms with Gasteiger partial charge in [0.25, 0.3) is 0 Å². The van der Waals surface area contributed by atoms with E-state index in [0.29, 0.717) is 17.1 Å². The zero-order valence-electron chi connectivity index (χ0n) is 13.5. The van der Waals surface area contributed by atoms with Crippen molar-refractivity contribution in [2.75, 3.05) is 11.0 Å². The van der Waals surface area contributed by atoms with Crippen LogP contribution in [0.3, 0.4) is 0 Å². The van der Waals surface area contributed by atoms with Crippen LogP contribution in [-0.2, 0) is 13.3 Å². The van der Waals surface area contributed by atoms with E-state index in [1.54, 1.807) is 0 Å². The molecule has 0 saturated heterocycles. The van der Waals surface area contributed by atoms with E-state index >= 15 is 0 Å². The monoisotopic (exact) mass is 444 g/mol. The van der Waals surface area contributed by atoms with Gasteiger partial charge in [-0.05, 0) is 37.0 Å². The van der Waals surface area contributed by atoms with Crippen molar-refractivity contribution in [3.8, 4) is 0 Å². The first-order valence-corrected chi connectivity index (χ1v) is 15.2. The highest BCUT2D eigenvalue weighted by atomic mass is 127. The third-order valence-corrected chi connectivity index (χ3v) is 7.75. The smallest absolute Gasteiger partial charge is 0.214 e. The van der Waals surface area contributed by atoms with Gasteiger partial charge in [-0.15, -0.1) is 13.2 Å². The van der Waals surface area contributed by atoms with Crippen molar-refractivity contribution in [2.24, 2.45) is 0 Å². The van der Waals surface area contributed by atoms with Crippen LogP contribution in [0.25, 0.3) is 0 Å². The normalized spacial score (nSPS) is 13.4. The quantitative estimate of drug-likeness (QED) is 0.212. The van der Waals surface area contributed by atoms with Gasteiger partial charge in [-0.25, -0.2) is 0 Å². The Kier molecular flexibility index (Phi) is 9.34. The van der Waals surface area contributed by atoms with Gasteiger partial charge in [-0.1, -0.05) is 34.0 Å². The molecule has 0 aliphatic carbocycles. The average Bonchev–Trinajstić information content (AvgIpc) is 2.36. The van der Waals surface area contributed by atoms with E-state index in [1.165, 1.54) is 0 Å². The van der Waals surface area contributed by atoms with Gasteiger partial charge >= 0.3 is 0 Å². The lowest BCUT2D eigenvalue weighted by Gasteiger charge is -2.43. The number of alkyl halides is 1. The van der Waals surface area contributed by atoms with Crippen LogP contribution in [0.2, 0.25) is 26.2 Å². The van der Waals surface area contributed by atoms with Crippen LogP contribution in [-0.4, -0.2) is 43.9 Å². The average molecular weight is 445 g/mol. The van der Waals surface area contributed by atoms with Crippen molar-refractivity contribution in [3.63, 3.8) is 0 Å². The first-order valence-electron chi connectivity index (χ1n) is 6.88. The number of rotatable bonds is 11. The molecule has 0 rings (SSSR count). The fourth-order valence-corrected chi connectivity index (χ4v) is 5.25. The Balaban J connectivity index is 5.32. The predicted octanol–water partition coefficient (Wildman–Crippen LogP) is 3.09. The zero-order chi connectivity index (χ0) is 15.9. The first-order chi connectivity index (χ1) is 9.16. The van der Waals surface area contributed by atoms with Crippen LogP contribution >= 0.6 is 22.6 Å². The Morgan fingerprint density at radius 2 is 1.55 bits per heavy atom. The largest absolute Gasteiger partial charge is 0.423 e. The molecule has 3 nitrogen and oxygen atoms in total. The minimum absolute atomic E-state index is 0.504. The Morgan fingerprint density at radius 1 is 1.10 bits per heavy atom. The van der Waals surface area contributed by atoms with Crippen molar-refractivity contribution in [1.82, 2.24) is 0 Å². The summed E-state index contributed by atoms with van der Waals surface area (Å²) in [6.07, 6.45) is 1.90. The van der Waals surface area contributed by atoms with E-state index in [2.05, 4.69) is 61.9 Å². The summed E-state index contributed by atoms with van der Waals surface area (Å²) in [7, 11) is -3.22. The third kappa shape index (κ3) is 7.66. The third-order valence-electron chi connectivity index (χ3n) is 2.94. The van der Waals surface area contributed by atoms with E-state index in [4.69, 9.17) is 13.3 Å². The molecule has 0 aliphatic rings. The second-order valence-electron chi connectivity index (χ2n) is 5.96. The molecule has 7 heteroatoms. The molecule has 0 aromatic heterocycles. The maximum atomic E-state index is 6.43. The molecule has 0 saturated carbocycles. The van der Waals surface area contributed by atoms with E-state index in [0.717, 1.165) is 17.3 Å². The van der Waals surface area contributed by atoms with Gasteiger partial charge in [0.15, 0.2) is 5.79 Å². The molecule has 0 heterocycles. The lowest BCUT2D eigenvalue weighted by molar-refractivity contribution is -0.153. The maximum absolute atomic E-state index is 6.43. The molecule has 118 valence electrons. The Labute approximate surface area is 143 Å². The fraction of sp³-hybridized carbons (Fsp3) is 0.692. The molecule has 0 radical (unpaired) electrons. The summed E-state index contributed by atoms with van der Waals surface area (Å²) in [6, 6.07) is 0. The van der Waals surface area contributed by atoms with Gasteiger partial charge in [0.2, 0.25) is 16.6 Å². The highest BCUT2D eigenvalue weighted by Crippen LogP contribution is 2.30. The topological polar surface area (TPSA) is 27.7 Å². The first kappa shape index (κ1) is 20.7. The molecule has 0 aromatic rings. The summed E-state index contributed by atoms with van der Waals surface area (Å²) < 4.78 is 19.5. The van der Waals surface area contributed by atoms with E-state index < -0.39 is 22.4 Å². The van der Waals surface area contributed by atoms with Crippen molar-refractivity contribution in [2.45, 2.75) is 44.8 Å². The second kappa shape index (κ2) is 9.01. The molecular weight excluding hydrogens is 415 g/mol. The predicted molar refractivity (Wildman–Crippen MR) is 104 cm³/mol. The van der Waals surface area contributed by atoms with Crippen LogP contribution in [0.1, 0.15) is 12.8 Å². The molecular formula is C13H29IO3Si3. The molecule has 0 atom stereocenters. The molecule has 0 N–H and O–H groups in total. The highest BCUT2D eigenvalue weighted by Gasteiger charge is 2.41. The molecule has 0 spiro atoms. The van der Waals surface area contributed by atoms with Crippen molar-refractivity contribution < 1.29 is 13.3 Å². The summed E-state index contributed by atoms with van der Waals surface area (Å²) in [6.45, 7) is 16.9. The standard InChI is InChI=1S/C13H29IO3Si3/c1-7-19(3,4)16-13(12-15-18,10-9-11-14)17-20(5,6)8-2/h7-8H,1-2,9-12H2,3-6,18H3. The molecule has 0 bridgehead atoms. The second-order valence-corrected chi connectivity index (χ2v) is 15.3. The number of hydrogen-bond acceptors (Lipinski definition) is 3. The van der Waals surface area contributed by atoms with E-state index in [9.17, 15) is 0 Å². The summed E-state index contributed by atoms with van der Waals surface area (Å²) in [4.78, 5) is 0. The lowest BCUT2D eigenvalue weighted by Crippen LogP contribution is -2.53. The Hall–Kier alpha value is 0.741. The minimum atomic E-state index is -1.95. The Morgan fingerprint density at radius 3 is 1.85 bits per heavy atom. The maximum Gasteiger partial charge on any atom is 0.214 e. The molecule has 0 aromatic carbocycles. The molecule has 0 fully saturated rings. The zero-order valence-corrected chi connectivity index (χ0v) is 19.7. The van der Waals surface area contributed by atoms with E-state index in [-0.39, 0.29) is 0 Å². The summed E-state index contributed by atoms with van der Waals surface area (Å²) in [5, 5.41) is 0. The van der Waals surface area contributed by atoms with Crippen LogP contribution < -0.4 is 0 Å². The summed E-state index contributed by atoms with van der Waals surface area (Å²) in [5.74, 6) is -0.638. The lowest BCUT2D eigenvalue weighted by atomic mass is 10.2.